The molecule has 1 aliphatic rings. The van der Waals surface area contributed by atoms with E-state index in [-0.39, 0.29) is 24.7 Å². The van der Waals surface area contributed by atoms with Gasteiger partial charge < -0.3 is 10.5 Å². The van der Waals surface area contributed by atoms with Crippen molar-refractivity contribution in [2.75, 3.05) is 5.73 Å². The summed E-state index contributed by atoms with van der Waals surface area (Å²) in [5, 5.41) is 3.99. The number of halogens is 3. The Morgan fingerprint density at radius 2 is 1.95 bits per heavy atom. The van der Waals surface area contributed by atoms with Gasteiger partial charge in [0.15, 0.2) is 5.82 Å². The molecule has 0 saturated heterocycles. The molecule has 0 radical (unpaired) electrons. The average Bonchev–Trinajstić information content (AvgIpc) is 2.93. The summed E-state index contributed by atoms with van der Waals surface area (Å²) < 4.78 is 45.4. The lowest BCUT2D eigenvalue weighted by molar-refractivity contribution is -0.137. The van der Waals surface area contributed by atoms with Crippen LogP contribution in [0.4, 0.5) is 19.0 Å². The van der Waals surface area contributed by atoms with E-state index in [1.54, 1.807) is 0 Å². The maximum atomic E-state index is 13.0. The Labute approximate surface area is 106 Å². The molecule has 3 rings (SSSR count). The van der Waals surface area contributed by atoms with Crippen molar-refractivity contribution in [3.05, 3.63) is 41.1 Å². The lowest BCUT2D eigenvalue weighted by Crippen LogP contribution is -2.13. The Balaban J connectivity index is 2.21. The van der Waals surface area contributed by atoms with Crippen molar-refractivity contribution >= 4 is 5.82 Å². The fraction of sp³-hybridized carbons (Fsp3) is 0.250. The zero-order chi connectivity index (χ0) is 13.6. The van der Waals surface area contributed by atoms with Gasteiger partial charge in [-0.1, -0.05) is 12.1 Å². The second-order valence-electron chi connectivity index (χ2n) is 4.23. The molecular weight excluding hydrogens is 259 g/mol. The van der Waals surface area contributed by atoms with Crippen LogP contribution in [0.25, 0.3) is 5.69 Å². The van der Waals surface area contributed by atoms with E-state index in [4.69, 9.17) is 10.5 Å². The normalized spacial score (nSPS) is 14.7. The quantitative estimate of drug-likeness (QED) is 0.865. The largest absolute Gasteiger partial charge is 0.418 e. The Morgan fingerprint density at radius 3 is 2.68 bits per heavy atom. The van der Waals surface area contributed by atoms with Crippen molar-refractivity contribution in [3.8, 4) is 5.69 Å². The molecule has 7 heteroatoms. The van der Waals surface area contributed by atoms with E-state index >= 15 is 0 Å². The summed E-state index contributed by atoms with van der Waals surface area (Å²) in [6.45, 7) is 0.501. The standard InChI is InChI=1S/C12H10F3N3O/c13-12(14,15)8-3-1-2-4-9(8)18-10-6-19-5-7(10)11(16)17-18/h1-4H,5-6H2,(H2,16,17). The molecule has 0 saturated carbocycles. The number of benzene rings is 1. The molecular formula is C12H10F3N3O. The molecule has 0 fully saturated rings. The third kappa shape index (κ3) is 1.86. The van der Waals surface area contributed by atoms with Crippen molar-refractivity contribution < 1.29 is 17.9 Å². The number of anilines is 1. The number of alkyl halides is 3. The van der Waals surface area contributed by atoms with Crippen molar-refractivity contribution in [3.63, 3.8) is 0 Å². The number of nitrogen functional groups attached to an aromatic ring is 1. The van der Waals surface area contributed by atoms with Gasteiger partial charge in [0, 0.05) is 5.56 Å². The average molecular weight is 269 g/mol. The maximum absolute atomic E-state index is 13.0. The number of fused-ring (bicyclic) bond motifs is 1. The second-order valence-corrected chi connectivity index (χ2v) is 4.23. The summed E-state index contributed by atoms with van der Waals surface area (Å²) in [5.41, 5.74) is 6.16. The number of aromatic nitrogens is 2. The predicted molar refractivity (Wildman–Crippen MR) is 61.5 cm³/mol. The first-order valence-electron chi connectivity index (χ1n) is 5.59. The van der Waals surface area contributed by atoms with Crippen LogP contribution in [0.1, 0.15) is 16.8 Å². The van der Waals surface area contributed by atoms with Crippen LogP contribution in [-0.4, -0.2) is 9.78 Å². The molecule has 100 valence electrons. The number of hydrogen-bond acceptors (Lipinski definition) is 3. The van der Waals surface area contributed by atoms with Gasteiger partial charge in [-0.2, -0.15) is 13.2 Å². The van der Waals surface area contributed by atoms with Crippen LogP contribution in [0, 0.1) is 0 Å². The van der Waals surface area contributed by atoms with Crippen LogP contribution < -0.4 is 5.73 Å². The molecule has 2 aromatic rings. The number of para-hydroxylation sites is 1. The second kappa shape index (κ2) is 3.99. The highest BCUT2D eigenvalue weighted by atomic mass is 19.4. The molecule has 0 spiro atoms. The fourth-order valence-electron chi connectivity index (χ4n) is 2.16. The molecule has 0 aliphatic carbocycles. The lowest BCUT2D eigenvalue weighted by atomic mass is 10.1. The van der Waals surface area contributed by atoms with Crippen molar-refractivity contribution in [2.45, 2.75) is 19.4 Å². The number of rotatable bonds is 1. The highest BCUT2D eigenvalue weighted by molar-refractivity contribution is 5.50. The molecule has 19 heavy (non-hydrogen) atoms. The highest BCUT2D eigenvalue weighted by Crippen LogP contribution is 2.36. The monoisotopic (exact) mass is 269 g/mol. The zero-order valence-corrected chi connectivity index (χ0v) is 9.74. The minimum atomic E-state index is -4.44. The third-order valence-corrected chi connectivity index (χ3v) is 3.04. The Bertz CT molecular complexity index is 634. The number of ether oxygens (including phenoxy) is 1. The molecule has 2 N–H and O–H groups in total. The van der Waals surface area contributed by atoms with Crippen molar-refractivity contribution in [1.29, 1.82) is 0 Å². The molecule has 1 aromatic heterocycles. The minimum absolute atomic E-state index is 0.0338. The molecule has 0 amide bonds. The van der Waals surface area contributed by atoms with E-state index < -0.39 is 11.7 Å². The molecule has 0 unspecified atom stereocenters. The first kappa shape index (κ1) is 12.0. The number of nitrogens with zero attached hydrogens (tertiary/aromatic N) is 2. The Hall–Kier alpha value is -2.02. The summed E-state index contributed by atoms with van der Waals surface area (Å²) in [6.07, 6.45) is -4.44. The van der Waals surface area contributed by atoms with Gasteiger partial charge in [-0.3, -0.25) is 0 Å². The molecule has 0 atom stereocenters. The Kier molecular flexibility index (Phi) is 2.53. The van der Waals surface area contributed by atoms with E-state index in [1.807, 2.05) is 0 Å². The molecule has 0 bridgehead atoms. The Morgan fingerprint density at radius 1 is 1.21 bits per heavy atom. The van der Waals surface area contributed by atoms with Gasteiger partial charge in [0.05, 0.1) is 30.2 Å². The first-order valence-corrected chi connectivity index (χ1v) is 5.59. The van der Waals surface area contributed by atoms with E-state index in [2.05, 4.69) is 5.10 Å². The SMILES string of the molecule is Nc1nn(-c2ccccc2C(F)(F)F)c2c1COC2. The van der Waals surface area contributed by atoms with Gasteiger partial charge in [-0.15, -0.1) is 5.10 Å². The molecule has 4 nitrogen and oxygen atoms in total. The van der Waals surface area contributed by atoms with Crippen LogP contribution in [0.15, 0.2) is 24.3 Å². The van der Waals surface area contributed by atoms with E-state index in [9.17, 15) is 13.2 Å². The lowest BCUT2D eigenvalue weighted by Gasteiger charge is -2.13. The van der Waals surface area contributed by atoms with E-state index in [0.717, 1.165) is 6.07 Å². The summed E-state index contributed by atoms with van der Waals surface area (Å²) in [7, 11) is 0. The van der Waals surface area contributed by atoms with Crippen LogP contribution >= 0.6 is 0 Å². The number of hydrogen-bond donors (Lipinski definition) is 1. The molecule has 1 aromatic carbocycles. The van der Waals surface area contributed by atoms with Gasteiger partial charge in [0.2, 0.25) is 0 Å². The van der Waals surface area contributed by atoms with Crippen LogP contribution in [-0.2, 0) is 24.1 Å². The van der Waals surface area contributed by atoms with E-state index in [0.29, 0.717) is 11.3 Å². The molecule has 2 heterocycles. The van der Waals surface area contributed by atoms with Gasteiger partial charge >= 0.3 is 6.18 Å². The zero-order valence-electron chi connectivity index (χ0n) is 9.74. The summed E-state index contributed by atoms with van der Waals surface area (Å²) in [6, 6.07) is 5.27. The minimum Gasteiger partial charge on any atom is -0.382 e. The number of nitrogens with two attached hydrogens (primary N) is 1. The van der Waals surface area contributed by atoms with E-state index in [1.165, 1.54) is 22.9 Å². The predicted octanol–water partition coefficient (Wildman–Crippen LogP) is 2.50. The fourth-order valence-corrected chi connectivity index (χ4v) is 2.16. The smallest absolute Gasteiger partial charge is 0.382 e. The topological polar surface area (TPSA) is 53.1 Å². The molecule has 1 aliphatic heterocycles. The van der Waals surface area contributed by atoms with Gasteiger partial charge in [0.1, 0.15) is 0 Å². The van der Waals surface area contributed by atoms with Crippen LogP contribution in [0.2, 0.25) is 0 Å². The third-order valence-electron chi connectivity index (χ3n) is 3.04. The summed E-state index contributed by atoms with van der Waals surface area (Å²) in [4.78, 5) is 0. The van der Waals surface area contributed by atoms with Crippen molar-refractivity contribution in [1.82, 2.24) is 9.78 Å². The van der Waals surface area contributed by atoms with Gasteiger partial charge in [0.25, 0.3) is 0 Å². The summed E-state index contributed by atoms with van der Waals surface area (Å²) >= 11 is 0. The van der Waals surface area contributed by atoms with Crippen LogP contribution in [0.3, 0.4) is 0 Å². The van der Waals surface area contributed by atoms with Crippen molar-refractivity contribution in [2.24, 2.45) is 0 Å². The van der Waals surface area contributed by atoms with Gasteiger partial charge in [-0.25, -0.2) is 4.68 Å². The summed E-state index contributed by atoms with van der Waals surface area (Å²) in [5.74, 6) is 0.212. The maximum Gasteiger partial charge on any atom is 0.418 e. The highest BCUT2D eigenvalue weighted by Gasteiger charge is 2.35. The first-order chi connectivity index (χ1) is 8.98. The van der Waals surface area contributed by atoms with Gasteiger partial charge in [-0.05, 0) is 12.1 Å². The van der Waals surface area contributed by atoms with Crippen LogP contribution in [0.5, 0.6) is 0 Å².